The van der Waals surface area contributed by atoms with Crippen molar-refractivity contribution in [1.82, 2.24) is 5.32 Å². The maximum Gasteiger partial charge on any atom is 0.142 e. The Kier molecular flexibility index (Phi) is 6.89. The first-order valence-electron chi connectivity index (χ1n) is 5.78. The van der Waals surface area contributed by atoms with E-state index < -0.39 is 0 Å². The standard InChI is InChI=1S/C13H16Cl2N2O/c1-18-13-10(7-11(14)8-12(13)15)9-17-6-4-2-3-5-16/h7-8,17H,2-4,6,9H2,1H3. The highest BCUT2D eigenvalue weighted by molar-refractivity contribution is 6.35. The molecule has 0 radical (unpaired) electrons. The minimum absolute atomic E-state index is 0.520. The molecule has 1 aromatic carbocycles. The second-order valence-corrected chi connectivity index (χ2v) is 4.72. The van der Waals surface area contributed by atoms with Crippen LogP contribution in [0.4, 0.5) is 0 Å². The van der Waals surface area contributed by atoms with E-state index in [9.17, 15) is 0 Å². The summed E-state index contributed by atoms with van der Waals surface area (Å²) in [6.07, 6.45) is 2.50. The molecule has 18 heavy (non-hydrogen) atoms. The lowest BCUT2D eigenvalue weighted by Crippen LogP contribution is -2.15. The van der Waals surface area contributed by atoms with Gasteiger partial charge in [0, 0.05) is 23.6 Å². The minimum Gasteiger partial charge on any atom is -0.495 e. The van der Waals surface area contributed by atoms with Gasteiger partial charge in [-0.2, -0.15) is 5.26 Å². The topological polar surface area (TPSA) is 45.0 Å². The van der Waals surface area contributed by atoms with E-state index in [0.717, 1.165) is 24.9 Å². The molecule has 0 bridgehead atoms. The number of benzene rings is 1. The summed E-state index contributed by atoms with van der Waals surface area (Å²) in [6.45, 7) is 1.50. The molecule has 0 spiro atoms. The molecule has 0 heterocycles. The Morgan fingerprint density at radius 2 is 2.11 bits per heavy atom. The van der Waals surface area contributed by atoms with Gasteiger partial charge in [-0.3, -0.25) is 0 Å². The van der Waals surface area contributed by atoms with Gasteiger partial charge in [0.15, 0.2) is 0 Å². The van der Waals surface area contributed by atoms with Crippen LogP contribution in [-0.2, 0) is 6.54 Å². The first-order chi connectivity index (χ1) is 8.69. The van der Waals surface area contributed by atoms with E-state index in [2.05, 4.69) is 11.4 Å². The van der Waals surface area contributed by atoms with Crippen LogP contribution in [0.2, 0.25) is 10.0 Å². The minimum atomic E-state index is 0.520. The summed E-state index contributed by atoms with van der Waals surface area (Å²) in [5, 5.41) is 12.8. The van der Waals surface area contributed by atoms with Crippen molar-refractivity contribution in [3.63, 3.8) is 0 Å². The normalized spacial score (nSPS) is 10.1. The molecule has 1 aromatic rings. The Labute approximate surface area is 118 Å². The molecule has 5 heteroatoms. The van der Waals surface area contributed by atoms with Gasteiger partial charge in [-0.1, -0.05) is 23.2 Å². The number of nitrogens with zero attached hydrogens (tertiary/aromatic N) is 1. The number of ether oxygens (including phenoxy) is 1. The molecule has 3 nitrogen and oxygen atoms in total. The SMILES string of the molecule is COc1c(Cl)cc(Cl)cc1CNCCCCC#N. The summed E-state index contributed by atoms with van der Waals surface area (Å²) in [6, 6.07) is 5.63. The number of rotatable bonds is 7. The molecule has 1 N–H and O–H groups in total. The van der Waals surface area contributed by atoms with Crippen molar-refractivity contribution in [1.29, 1.82) is 5.26 Å². The largest absolute Gasteiger partial charge is 0.495 e. The van der Waals surface area contributed by atoms with E-state index in [1.807, 2.05) is 6.07 Å². The zero-order valence-corrected chi connectivity index (χ0v) is 11.8. The number of methoxy groups -OCH3 is 1. The third-order valence-corrected chi connectivity index (χ3v) is 3.00. The summed E-state index contributed by atoms with van der Waals surface area (Å²) in [4.78, 5) is 0. The lowest BCUT2D eigenvalue weighted by molar-refractivity contribution is 0.408. The van der Waals surface area contributed by atoms with Gasteiger partial charge in [0.1, 0.15) is 5.75 Å². The number of hydrogen-bond donors (Lipinski definition) is 1. The number of halogens is 2. The fourth-order valence-corrected chi connectivity index (χ4v) is 2.26. The fraction of sp³-hybridized carbons (Fsp3) is 0.462. The third-order valence-electron chi connectivity index (χ3n) is 2.50. The van der Waals surface area contributed by atoms with Crippen molar-refractivity contribution in [2.24, 2.45) is 0 Å². The van der Waals surface area contributed by atoms with E-state index in [0.29, 0.717) is 28.8 Å². The predicted molar refractivity (Wildman–Crippen MR) is 74.2 cm³/mol. The molecule has 1 rings (SSSR count). The van der Waals surface area contributed by atoms with Crippen LogP contribution in [0.3, 0.4) is 0 Å². The first-order valence-corrected chi connectivity index (χ1v) is 6.54. The molecule has 0 aliphatic heterocycles. The van der Waals surface area contributed by atoms with Crippen LogP contribution in [0.25, 0.3) is 0 Å². The van der Waals surface area contributed by atoms with Gasteiger partial charge in [0.05, 0.1) is 18.2 Å². The molecule has 0 saturated carbocycles. The third kappa shape index (κ3) is 4.73. The van der Waals surface area contributed by atoms with Gasteiger partial charge >= 0.3 is 0 Å². The Morgan fingerprint density at radius 3 is 2.78 bits per heavy atom. The first kappa shape index (κ1) is 15.1. The van der Waals surface area contributed by atoms with Crippen molar-refractivity contribution in [3.05, 3.63) is 27.7 Å². The Bertz CT molecular complexity index is 430. The molecule has 0 fully saturated rings. The molecule has 98 valence electrons. The van der Waals surface area contributed by atoms with Crippen LogP contribution < -0.4 is 10.1 Å². The number of nitriles is 1. The average molecular weight is 287 g/mol. The average Bonchev–Trinajstić information content (AvgIpc) is 2.33. The summed E-state index contributed by atoms with van der Waals surface area (Å²) >= 11 is 12.0. The summed E-state index contributed by atoms with van der Waals surface area (Å²) in [7, 11) is 1.59. The molecule has 0 saturated heterocycles. The smallest absolute Gasteiger partial charge is 0.142 e. The van der Waals surface area contributed by atoms with E-state index >= 15 is 0 Å². The van der Waals surface area contributed by atoms with E-state index in [1.54, 1.807) is 13.2 Å². The Hall–Kier alpha value is -0.950. The van der Waals surface area contributed by atoms with Crippen LogP contribution in [0, 0.1) is 11.3 Å². The van der Waals surface area contributed by atoms with E-state index in [1.165, 1.54) is 0 Å². The number of unbranched alkanes of at least 4 members (excludes halogenated alkanes) is 2. The van der Waals surface area contributed by atoms with Crippen molar-refractivity contribution in [3.8, 4) is 11.8 Å². The second-order valence-electron chi connectivity index (χ2n) is 3.87. The molecular weight excluding hydrogens is 271 g/mol. The fourth-order valence-electron chi connectivity index (χ4n) is 1.65. The lowest BCUT2D eigenvalue weighted by Gasteiger charge is -2.11. The quantitative estimate of drug-likeness (QED) is 0.776. The van der Waals surface area contributed by atoms with Crippen LogP contribution in [0.5, 0.6) is 5.75 Å². The number of hydrogen-bond acceptors (Lipinski definition) is 3. The maximum atomic E-state index is 8.41. The van der Waals surface area contributed by atoms with Gasteiger partial charge in [0.25, 0.3) is 0 Å². The number of nitrogens with one attached hydrogen (secondary N) is 1. The summed E-state index contributed by atoms with van der Waals surface area (Å²) < 4.78 is 5.25. The lowest BCUT2D eigenvalue weighted by atomic mass is 10.2. The van der Waals surface area contributed by atoms with Gasteiger partial charge in [-0.15, -0.1) is 0 Å². The van der Waals surface area contributed by atoms with E-state index in [4.69, 9.17) is 33.2 Å². The highest BCUT2D eigenvalue weighted by atomic mass is 35.5. The van der Waals surface area contributed by atoms with Gasteiger partial charge in [-0.05, 0) is 31.5 Å². The maximum absolute atomic E-state index is 8.41. The zero-order chi connectivity index (χ0) is 13.4. The summed E-state index contributed by atoms with van der Waals surface area (Å²) in [5.41, 5.74) is 0.940. The van der Waals surface area contributed by atoms with Gasteiger partial charge in [0.2, 0.25) is 0 Å². The van der Waals surface area contributed by atoms with Crippen LogP contribution in [0.15, 0.2) is 12.1 Å². The molecule has 0 aliphatic carbocycles. The zero-order valence-electron chi connectivity index (χ0n) is 10.3. The van der Waals surface area contributed by atoms with Crippen molar-refractivity contribution >= 4 is 23.2 Å². The highest BCUT2D eigenvalue weighted by Crippen LogP contribution is 2.31. The molecule has 0 aliphatic rings. The van der Waals surface area contributed by atoms with E-state index in [-0.39, 0.29) is 0 Å². The monoisotopic (exact) mass is 286 g/mol. The van der Waals surface area contributed by atoms with Crippen LogP contribution in [0.1, 0.15) is 24.8 Å². The highest BCUT2D eigenvalue weighted by Gasteiger charge is 2.09. The molecule has 0 aromatic heterocycles. The van der Waals surface area contributed by atoms with Crippen molar-refractivity contribution in [2.75, 3.05) is 13.7 Å². The Balaban J connectivity index is 2.49. The molecule has 0 atom stereocenters. The second kappa shape index (κ2) is 8.20. The van der Waals surface area contributed by atoms with Crippen LogP contribution in [-0.4, -0.2) is 13.7 Å². The van der Waals surface area contributed by atoms with Crippen molar-refractivity contribution < 1.29 is 4.74 Å². The molecule has 0 unspecified atom stereocenters. The Morgan fingerprint density at radius 1 is 1.33 bits per heavy atom. The van der Waals surface area contributed by atoms with Gasteiger partial charge in [-0.25, -0.2) is 0 Å². The molecule has 0 amide bonds. The van der Waals surface area contributed by atoms with Gasteiger partial charge < -0.3 is 10.1 Å². The predicted octanol–water partition coefficient (Wildman–Crippen LogP) is 3.79. The summed E-state index contributed by atoms with van der Waals surface area (Å²) in [5.74, 6) is 0.658. The molecular formula is C13H16Cl2N2O. The van der Waals surface area contributed by atoms with Crippen molar-refractivity contribution in [2.45, 2.75) is 25.8 Å². The van der Waals surface area contributed by atoms with Crippen LogP contribution >= 0.6 is 23.2 Å².